The van der Waals surface area contributed by atoms with E-state index < -0.39 is 28.7 Å². The van der Waals surface area contributed by atoms with Crippen LogP contribution < -0.4 is 0 Å². The number of hydrogen-bond acceptors (Lipinski definition) is 3. The molecule has 0 rings (SSSR count). The molecule has 6 heteroatoms. The van der Waals surface area contributed by atoms with Crippen LogP contribution in [-0.4, -0.2) is 37.9 Å². The van der Waals surface area contributed by atoms with Crippen LogP contribution in [0.1, 0.15) is 26.2 Å². The molecule has 2 atom stereocenters. The molecule has 0 saturated heterocycles. The Kier molecular flexibility index (Phi) is 6.94. The van der Waals surface area contributed by atoms with Crippen molar-refractivity contribution in [3.8, 4) is 0 Å². The van der Waals surface area contributed by atoms with Gasteiger partial charge in [-0.1, -0.05) is 6.92 Å². The summed E-state index contributed by atoms with van der Waals surface area (Å²) in [5.74, 6) is -2.38. The Balaban J connectivity index is 4.10. The van der Waals surface area contributed by atoms with Gasteiger partial charge in [0.2, 0.25) is 0 Å². The highest BCUT2D eigenvalue weighted by Gasteiger charge is 2.20. The van der Waals surface area contributed by atoms with E-state index in [2.05, 4.69) is 0 Å². The minimum atomic E-state index is -1.16. The predicted octanol–water partition coefficient (Wildman–Crippen LogP) is 0.711. The topological polar surface area (TPSA) is 91.7 Å². The zero-order valence-corrected chi connectivity index (χ0v) is 9.46. The molecule has 0 aliphatic heterocycles. The van der Waals surface area contributed by atoms with Crippen LogP contribution in [0.25, 0.3) is 0 Å². The van der Waals surface area contributed by atoms with E-state index in [0.717, 1.165) is 6.42 Å². The highest BCUT2D eigenvalue weighted by atomic mass is 32.2. The smallest absolute Gasteiger partial charge is 0.307 e. The Morgan fingerprint density at radius 1 is 1.33 bits per heavy atom. The highest BCUT2D eigenvalue weighted by molar-refractivity contribution is 7.85. The summed E-state index contributed by atoms with van der Waals surface area (Å²) >= 11 is 0. The number of hydrogen-bond donors (Lipinski definition) is 2. The van der Waals surface area contributed by atoms with Gasteiger partial charge in [0.15, 0.2) is 0 Å². The first-order valence-electron chi connectivity index (χ1n) is 4.77. The van der Waals surface area contributed by atoms with Crippen LogP contribution in [0.2, 0.25) is 0 Å². The van der Waals surface area contributed by atoms with Crippen molar-refractivity contribution in [3.05, 3.63) is 0 Å². The first kappa shape index (κ1) is 14.1. The molecule has 2 N–H and O–H groups in total. The Morgan fingerprint density at radius 2 is 1.93 bits per heavy atom. The van der Waals surface area contributed by atoms with Gasteiger partial charge in [-0.05, 0) is 12.8 Å². The molecule has 2 unspecified atom stereocenters. The zero-order valence-electron chi connectivity index (χ0n) is 8.64. The Bertz CT molecular complexity index is 251. The van der Waals surface area contributed by atoms with Crippen LogP contribution in [0.3, 0.4) is 0 Å². The van der Waals surface area contributed by atoms with Gasteiger partial charge < -0.3 is 10.2 Å². The van der Waals surface area contributed by atoms with Crippen molar-refractivity contribution in [2.75, 3.05) is 11.5 Å². The average molecular weight is 236 g/mol. The summed E-state index contributed by atoms with van der Waals surface area (Å²) in [6.45, 7) is 1.87. The fraction of sp³-hybridized carbons (Fsp3) is 0.778. The average Bonchev–Trinajstić information content (AvgIpc) is 2.11. The molecule has 0 radical (unpaired) electrons. The van der Waals surface area contributed by atoms with Gasteiger partial charge in [-0.3, -0.25) is 13.8 Å². The number of aliphatic carboxylic acids is 2. The molecule has 0 aliphatic carbocycles. The molecule has 0 aromatic heterocycles. The minimum absolute atomic E-state index is 0.0418. The van der Waals surface area contributed by atoms with E-state index in [0.29, 0.717) is 5.75 Å². The molecule has 0 heterocycles. The SMILES string of the molecule is CCCS(=O)CC(CCC(=O)O)C(=O)O. The number of rotatable bonds is 8. The Morgan fingerprint density at radius 3 is 2.33 bits per heavy atom. The monoisotopic (exact) mass is 236 g/mol. The van der Waals surface area contributed by atoms with Crippen LogP contribution in [0.15, 0.2) is 0 Å². The molecule has 0 fully saturated rings. The predicted molar refractivity (Wildman–Crippen MR) is 56.2 cm³/mol. The lowest BCUT2D eigenvalue weighted by Crippen LogP contribution is -2.22. The van der Waals surface area contributed by atoms with Crippen molar-refractivity contribution in [3.63, 3.8) is 0 Å². The van der Waals surface area contributed by atoms with E-state index in [1.54, 1.807) is 0 Å². The van der Waals surface area contributed by atoms with Gasteiger partial charge in [-0.25, -0.2) is 0 Å². The Hall–Kier alpha value is -0.910. The summed E-state index contributed by atoms with van der Waals surface area (Å²) < 4.78 is 11.3. The maximum Gasteiger partial charge on any atom is 0.307 e. The molecule has 0 saturated carbocycles. The molecule has 88 valence electrons. The minimum Gasteiger partial charge on any atom is -0.481 e. The summed E-state index contributed by atoms with van der Waals surface area (Å²) in [6, 6.07) is 0. The van der Waals surface area contributed by atoms with Crippen LogP contribution >= 0.6 is 0 Å². The third-order valence-corrected chi connectivity index (χ3v) is 3.51. The van der Waals surface area contributed by atoms with Crippen LogP contribution in [-0.2, 0) is 20.4 Å². The second-order valence-electron chi connectivity index (χ2n) is 3.28. The number of carboxylic acid groups (broad SMARTS) is 2. The van der Waals surface area contributed by atoms with Gasteiger partial charge in [-0.2, -0.15) is 0 Å². The zero-order chi connectivity index (χ0) is 11.8. The van der Waals surface area contributed by atoms with E-state index in [-0.39, 0.29) is 18.6 Å². The molecule has 0 aromatic rings. The molecular formula is C9H16O5S. The fourth-order valence-electron chi connectivity index (χ4n) is 1.11. The van der Waals surface area contributed by atoms with Gasteiger partial charge in [0.1, 0.15) is 0 Å². The third kappa shape index (κ3) is 7.07. The lowest BCUT2D eigenvalue weighted by Gasteiger charge is -2.09. The Labute approximate surface area is 90.9 Å². The van der Waals surface area contributed by atoms with Gasteiger partial charge in [0, 0.05) is 28.7 Å². The molecule has 0 amide bonds. The van der Waals surface area contributed by atoms with Gasteiger partial charge in [-0.15, -0.1) is 0 Å². The maximum absolute atomic E-state index is 11.3. The van der Waals surface area contributed by atoms with Crippen LogP contribution in [0.5, 0.6) is 0 Å². The van der Waals surface area contributed by atoms with Crippen molar-refractivity contribution in [1.29, 1.82) is 0 Å². The second kappa shape index (κ2) is 7.39. The van der Waals surface area contributed by atoms with Crippen LogP contribution in [0.4, 0.5) is 0 Å². The van der Waals surface area contributed by atoms with Crippen molar-refractivity contribution in [1.82, 2.24) is 0 Å². The molecular weight excluding hydrogens is 220 g/mol. The molecule has 15 heavy (non-hydrogen) atoms. The second-order valence-corrected chi connectivity index (χ2v) is 4.90. The summed E-state index contributed by atoms with van der Waals surface area (Å²) in [7, 11) is -1.16. The highest BCUT2D eigenvalue weighted by Crippen LogP contribution is 2.09. The van der Waals surface area contributed by atoms with Crippen LogP contribution in [0, 0.1) is 5.92 Å². The van der Waals surface area contributed by atoms with E-state index in [9.17, 15) is 13.8 Å². The quantitative estimate of drug-likeness (QED) is 0.647. The van der Waals surface area contributed by atoms with E-state index in [1.807, 2.05) is 6.92 Å². The summed E-state index contributed by atoms with van der Waals surface area (Å²) in [4.78, 5) is 21.0. The number of carbonyl (C=O) groups is 2. The summed E-state index contributed by atoms with van der Waals surface area (Å²) in [5, 5.41) is 17.2. The molecule has 0 aromatic carbocycles. The third-order valence-electron chi connectivity index (χ3n) is 1.87. The van der Waals surface area contributed by atoms with E-state index in [4.69, 9.17) is 10.2 Å². The normalized spacial score (nSPS) is 14.5. The van der Waals surface area contributed by atoms with Gasteiger partial charge in [0.05, 0.1) is 5.92 Å². The van der Waals surface area contributed by atoms with Crippen molar-refractivity contribution < 1.29 is 24.0 Å². The number of carboxylic acids is 2. The first-order valence-corrected chi connectivity index (χ1v) is 6.25. The molecule has 5 nitrogen and oxygen atoms in total. The standard InChI is InChI=1S/C9H16O5S/c1-2-5-15(14)6-7(9(12)13)3-4-8(10)11/h7H,2-6H2,1H3,(H,10,11)(H,12,13). The van der Waals surface area contributed by atoms with E-state index in [1.165, 1.54) is 0 Å². The van der Waals surface area contributed by atoms with Crippen molar-refractivity contribution in [2.24, 2.45) is 5.92 Å². The summed E-state index contributed by atoms with van der Waals surface area (Å²) in [5.41, 5.74) is 0. The van der Waals surface area contributed by atoms with Gasteiger partial charge in [0.25, 0.3) is 0 Å². The van der Waals surface area contributed by atoms with Crippen molar-refractivity contribution >= 4 is 22.7 Å². The summed E-state index contributed by atoms with van der Waals surface area (Å²) in [6.07, 6.45) is 0.582. The first-order chi connectivity index (χ1) is 6.97. The largest absolute Gasteiger partial charge is 0.481 e. The maximum atomic E-state index is 11.3. The molecule has 0 spiro atoms. The van der Waals surface area contributed by atoms with Gasteiger partial charge >= 0.3 is 11.9 Å². The van der Waals surface area contributed by atoms with E-state index >= 15 is 0 Å². The molecule has 0 aliphatic rings. The van der Waals surface area contributed by atoms with Crippen molar-refractivity contribution in [2.45, 2.75) is 26.2 Å². The molecule has 0 bridgehead atoms. The lowest BCUT2D eigenvalue weighted by molar-refractivity contribution is -0.142. The lowest BCUT2D eigenvalue weighted by atomic mass is 10.1. The fourth-order valence-corrected chi connectivity index (χ4v) is 2.49.